The van der Waals surface area contributed by atoms with Crippen LogP contribution in [0.1, 0.15) is 34.6 Å². The lowest BCUT2D eigenvalue weighted by Crippen LogP contribution is -2.24. The second-order valence-electron chi connectivity index (χ2n) is 5.84. The Labute approximate surface area is 147 Å². The number of rotatable bonds is 6. The number of hydrogen-bond acceptors (Lipinski definition) is 5. The van der Waals surface area contributed by atoms with E-state index < -0.39 is 28.6 Å². The van der Waals surface area contributed by atoms with Gasteiger partial charge in [0, 0.05) is 16.2 Å². The maximum absolute atomic E-state index is 12.0. The summed E-state index contributed by atoms with van der Waals surface area (Å²) in [6, 6.07) is 6.76. The summed E-state index contributed by atoms with van der Waals surface area (Å²) in [7, 11) is 0. The summed E-state index contributed by atoms with van der Waals surface area (Å²) >= 11 is 1.56. The lowest BCUT2D eigenvalue weighted by atomic mass is 9.95. The summed E-state index contributed by atoms with van der Waals surface area (Å²) in [5.41, 5.74) is 3.76. The zero-order valence-corrected chi connectivity index (χ0v) is 14.5. The number of carboxylic acid groups (broad SMARTS) is 2. The Morgan fingerprint density at radius 1 is 1.20 bits per heavy atom. The van der Waals surface area contributed by atoms with Crippen LogP contribution in [0, 0.1) is 5.92 Å². The van der Waals surface area contributed by atoms with Crippen LogP contribution in [0.15, 0.2) is 34.0 Å². The van der Waals surface area contributed by atoms with Crippen molar-refractivity contribution < 1.29 is 19.8 Å². The van der Waals surface area contributed by atoms with Crippen molar-refractivity contribution in [2.45, 2.75) is 18.7 Å². The van der Waals surface area contributed by atoms with Gasteiger partial charge in [0.05, 0.1) is 0 Å². The predicted molar refractivity (Wildman–Crippen MR) is 96.4 cm³/mol. The van der Waals surface area contributed by atoms with Crippen LogP contribution in [-0.4, -0.2) is 32.9 Å². The maximum Gasteiger partial charge on any atom is 0.342 e. The Morgan fingerprint density at radius 2 is 1.84 bits per heavy atom. The number of aromatic amines is 1. The molecule has 132 valence electrons. The molecule has 0 spiro atoms. The number of aromatic carboxylic acids is 2. The van der Waals surface area contributed by atoms with Crippen LogP contribution in [0.3, 0.4) is 0 Å². The predicted octanol–water partition coefficient (Wildman–Crippen LogP) is 2.77. The van der Waals surface area contributed by atoms with Crippen molar-refractivity contribution in [2.24, 2.45) is 5.92 Å². The Bertz CT molecular complexity index is 889. The van der Waals surface area contributed by atoms with Crippen LogP contribution in [0.5, 0.6) is 0 Å². The molecule has 0 bridgehead atoms. The zero-order chi connectivity index (χ0) is 18.7. The van der Waals surface area contributed by atoms with E-state index in [9.17, 15) is 24.6 Å². The number of benzene rings is 1. The summed E-state index contributed by atoms with van der Waals surface area (Å²) in [6.07, 6.45) is 0. The monoisotopic (exact) mass is 362 g/mol. The fourth-order valence-electron chi connectivity index (χ4n) is 2.34. The number of nitrogens with one attached hydrogen (secondary N) is 1. The molecule has 0 unspecified atom stereocenters. The molecule has 0 saturated heterocycles. The van der Waals surface area contributed by atoms with Crippen LogP contribution in [0.25, 0.3) is 11.1 Å². The number of carboxylic acids is 2. The summed E-state index contributed by atoms with van der Waals surface area (Å²) in [5, 5.41) is 18.8. The first-order chi connectivity index (χ1) is 11.7. The van der Waals surface area contributed by atoms with E-state index in [0.717, 1.165) is 10.6 Å². The van der Waals surface area contributed by atoms with Gasteiger partial charge in [0.1, 0.15) is 16.9 Å². The third kappa shape index (κ3) is 4.03. The van der Waals surface area contributed by atoms with Gasteiger partial charge in [0.2, 0.25) is 0 Å². The largest absolute Gasteiger partial charge is 0.478 e. The van der Waals surface area contributed by atoms with Gasteiger partial charge in [-0.05, 0) is 23.6 Å². The number of H-pyrrole nitrogens is 1. The molecule has 7 nitrogen and oxygen atoms in total. The molecule has 0 radical (unpaired) electrons. The Morgan fingerprint density at radius 3 is 2.40 bits per heavy atom. The smallest absolute Gasteiger partial charge is 0.342 e. The molecule has 0 aliphatic carbocycles. The van der Waals surface area contributed by atoms with Crippen molar-refractivity contribution in [2.75, 3.05) is 11.5 Å². The molecule has 2 rings (SSSR count). The number of hydrogen-bond donors (Lipinski definition) is 4. The molecular weight excluding hydrogens is 344 g/mol. The second kappa shape index (κ2) is 7.43. The van der Waals surface area contributed by atoms with E-state index in [-0.39, 0.29) is 11.4 Å². The zero-order valence-electron chi connectivity index (χ0n) is 13.7. The molecule has 0 saturated carbocycles. The fourth-order valence-corrected chi connectivity index (χ4v) is 3.25. The van der Waals surface area contributed by atoms with E-state index in [0.29, 0.717) is 11.5 Å². The van der Waals surface area contributed by atoms with Gasteiger partial charge in [-0.15, -0.1) is 11.8 Å². The molecule has 25 heavy (non-hydrogen) atoms. The maximum atomic E-state index is 12.0. The van der Waals surface area contributed by atoms with E-state index in [1.165, 1.54) is 0 Å². The van der Waals surface area contributed by atoms with Gasteiger partial charge in [-0.2, -0.15) is 0 Å². The third-order valence-corrected chi connectivity index (χ3v) is 4.80. The molecule has 8 heteroatoms. The SMILES string of the molecule is CC(C)CSc1cccc(-c2c(C(=O)O)c(N)[nH]c(=O)c2C(=O)O)c1. The number of nitrogens with two attached hydrogens (primary N) is 1. The van der Waals surface area contributed by atoms with Crippen LogP contribution >= 0.6 is 11.8 Å². The molecule has 5 N–H and O–H groups in total. The van der Waals surface area contributed by atoms with E-state index in [1.807, 2.05) is 6.07 Å². The van der Waals surface area contributed by atoms with Crippen LogP contribution < -0.4 is 11.3 Å². The highest BCUT2D eigenvalue weighted by atomic mass is 32.2. The molecule has 0 aliphatic rings. The van der Waals surface area contributed by atoms with Crippen molar-refractivity contribution in [3.63, 3.8) is 0 Å². The van der Waals surface area contributed by atoms with Crippen molar-refractivity contribution >= 4 is 29.5 Å². The first kappa shape index (κ1) is 18.6. The van der Waals surface area contributed by atoms with E-state index in [1.54, 1.807) is 30.0 Å². The standard InChI is InChI=1S/C17H18N2O5S/c1-8(2)7-25-10-5-3-4-9(6-10)11-12(16(21)22)14(18)19-15(20)13(11)17(23)24/h3-6,8H,7H2,1-2H3,(H,21,22)(H,23,24)(H3,18,19,20). The molecule has 1 aromatic heterocycles. The van der Waals surface area contributed by atoms with Crippen molar-refractivity contribution in [1.82, 2.24) is 4.98 Å². The van der Waals surface area contributed by atoms with Crippen LogP contribution in [-0.2, 0) is 0 Å². The summed E-state index contributed by atoms with van der Waals surface area (Å²) < 4.78 is 0. The number of thioether (sulfide) groups is 1. The number of nitrogen functional groups attached to an aromatic ring is 1. The number of pyridine rings is 1. The van der Waals surface area contributed by atoms with Crippen molar-refractivity contribution in [3.8, 4) is 11.1 Å². The lowest BCUT2D eigenvalue weighted by molar-refractivity contribution is 0.0695. The molecule has 0 atom stereocenters. The molecule has 1 heterocycles. The fraction of sp³-hybridized carbons (Fsp3) is 0.235. The molecular formula is C17H18N2O5S. The first-order valence-corrected chi connectivity index (χ1v) is 8.46. The van der Waals surface area contributed by atoms with E-state index in [4.69, 9.17) is 5.73 Å². The summed E-state index contributed by atoms with van der Waals surface area (Å²) in [6.45, 7) is 4.14. The third-order valence-electron chi connectivity index (χ3n) is 3.38. The normalized spacial score (nSPS) is 10.8. The topological polar surface area (TPSA) is 133 Å². The second-order valence-corrected chi connectivity index (χ2v) is 6.93. The molecule has 0 aliphatic heterocycles. The van der Waals surface area contributed by atoms with Crippen molar-refractivity contribution in [1.29, 1.82) is 0 Å². The highest BCUT2D eigenvalue weighted by Crippen LogP contribution is 2.32. The molecule has 0 amide bonds. The van der Waals surface area contributed by atoms with Crippen molar-refractivity contribution in [3.05, 3.63) is 45.7 Å². The molecule has 1 aromatic carbocycles. The highest BCUT2D eigenvalue weighted by Gasteiger charge is 2.26. The van der Waals surface area contributed by atoms with E-state index in [2.05, 4.69) is 18.8 Å². The number of aromatic nitrogens is 1. The Kier molecular flexibility index (Phi) is 5.53. The minimum absolute atomic E-state index is 0.187. The van der Waals surface area contributed by atoms with Gasteiger partial charge in [0.15, 0.2) is 0 Å². The summed E-state index contributed by atoms with van der Waals surface area (Å²) in [4.78, 5) is 38.1. The average molecular weight is 362 g/mol. The van der Waals surface area contributed by atoms with Gasteiger partial charge < -0.3 is 20.9 Å². The average Bonchev–Trinajstić information content (AvgIpc) is 2.51. The Hall–Kier alpha value is -2.74. The minimum Gasteiger partial charge on any atom is -0.478 e. The van der Waals surface area contributed by atoms with Gasteiger partial charge in [0.25, 0.3) is 5.56 Å². The quantitative estimate of drug-likeness (QED) is 0.581. The summed E-state index contributed by atoms with van der Waals surface area (Å²) in [5.74, 6) is -2.00. The Balaban J connectivity index is 2.73. The van der Waals surface area contributed by atoms with Gasteiger partial charge in [-0.25, -0.2) is 9.59 Å². The highest BCUT2D eigenvalue weighted by molar-refractivity contribution is 7.99. The van der Waals surface area contributed by atoms with Crippen LogP contribution in [0.2, 0.25) is 0 Å². The molecule has 2 aromatic rings. The lowest BCUT2D eigenvalue weighted by Gasteiger charge is -2.13. The van der Waals surface area contributed by atoms with Crippen LogP contribution in [0.4, 0.5) is 5.82 Å². The number of anilines is 1. The van der Waals surface area contributed by atoms with Gasteiger partial charge in [-0.1, -0.05) is 26.0 Å². The number of carbonyl (C=O) groups is 2. The van der Waals surface area contributed by atoms with Gasteiger partial charge in [-0.3, -0.25) is 4.79 Å². The van der Waals surface area contributed by atoms with E-state index >= 15 is 0 Å². The minimum atomic E-state index is -1.51. The molecule has 0 fully saturated rings. The first-order valence-electron chi connectivity index (χ1n) is 7.48. The van der Waals surface area contributed by atoms with Gasteiger partial charge >= 0.3 is 11.9 Å².